The van der Waals surface area contributed by atoms with Gasteiger partial charge in [0, 0.05) is 0 Å². The molecule has 106 valence electrons. The highest BCUT2D eigenvalue weighted by atomic mass is 16.5. The smallest absolute Gasteiger partial charge is 0.127 e. The van der Waals surface area contributed by atoms with Gasteiger partial charge in [-0.05, 0) is 42.8 Å². The van der Waals surface area contributed by atoms with Gasteiger partial charge in [-0.25, -0.2) is 0 Å². The van der Waals surface area contributed by atoms with Crippen molar-refractivity contribution >= 4 is 0 Å². The minimum atomic E-state index is 0.791. The van der Waals surface area contributed by atoms with E-state index < -0.39 is 0 Å². The van der Waals surface area contributed by atoms with Crippen molar-refractivity contribution < 1.29 is 9.47 Å². The zero-order chi connectivity index (χ0) is 14.0. The fourth-order valence-electron chi connectivity index (χ4n) is 1.95. The van der Waals surface area contributed by atoms with Gasteiger partial charge in [-0.1, -0.05) is 44.4 Å². The standard InChI is InChI=1S/C18H22O2/c1-2-3-4-8-15-19-16-11-13-18(14-12-16)20-17-9-6-5-7-10-17/h5-7,9-14H,2-4,8,15H2,1H3. The molecule has 0 aliphatic rings. The van der Waals surface area contributed by atoms with E-state index >= 15 is 0 Å². The van der Waals surface area contributed by atoms with Crippen molar-refractivity contribution in [2.24, 2.45) is 0 Å². The Hall–Kier alpha value is -1.96. The number of hydrogen-bond donors (Lipinski definition) is 0. The maximum Gasteiger partial charge on any atom is 0.127 e. The lowest BCUT2D eigenvalue weighted by atomic mass is 10.2. The second-order valence-electron chi connectivity index (χ2n) is 4.80. The van der Waals surface area contributed by atoms with Gasteiger partial charge in [0.2, 0.25) is 0 Å². The van der Waals surface area contributed by atoms with Crippen LogP contribution in [0.15, 0.2) is 54.6 Å². The molecular formula is C18H22O2. The highest BCUT2D eigenvalue weighted by Crippen LogP contribution is 2.23. The molecule has 0 aliphatic carbocycles. The first-order chi connectivity index (χ1) is 9.88. The maximum absolute atomic E-state index is 5.74. The van der Waals surface area contributed by atoms with Gasteiger partial charge in [0.1, 0.15) is 17.2 Å². The molecule has 2 rings (SSSR count). The Labute approximate surface area is 121 Å². The van der Waals surface area contributed by atoms with Gasteiger partial charge in [-0.15, -0.1) is 0 Å². The fourth-order valence-corrected chi connectivity index (χ4v) is 1.95. The molecule has 0 N–H and O–H groups in total. The largest absolute Gasteiger partial charge is 0.494 e. The van der Waals surface area contributed by atoms with Crippen LogP contribution in [-0.4, -0.2) is 6.61 Å². The molecule has 0 fully saturated rings. The van der Waals surface area contributed by atoms with Crippen LogP contribution in [0.3, 0.4) is 0 Å². The average Bonchev–Trinajstić information content (AvgIpc) is 2.50. The molecule has 0 saturated heterocycles. The molecule has 0 bridgehead atoms. The summed E-state index contributed by atoms with van der Waals surface area (Å²) in [6, 6.07) is 17.6. The number of ether oxygens (including phenoxy) is 2. The van der Waals surface area contributed by atoms with Gasteiger partial charge in [-0.3, -0.25) is 0 Å². The lowest BCUT2D eigenvalue weighted by Gasteiger charge is -2.08. The first kappa shape index (κ1) is 14.4. The summed E-state index contributed by atoms with van der Waals surface area (Å²) in [5, 5.41) is 0. The normalized spacial score (nSPS) is 10.2. The van der Waals surface area contributed by atoms with Gasteiger partial charge in [-0.2, -0.15) is 0 Å². The number of unbranched alkanes of at least 4 members (excludes halogenated alkanes) is 3. The monoisotopic (exact) mass is 270 g/mol. The van der Waals surface area contributed by atoms with Crippen LogP contribution < -0.4 is 9.47 Å². The second kappa shape index (κ2) is 8.26. The minimum Gasteiger partial charge on any atom is -0.494 e. The molecule has 0 aliphatic heterocycles. The predicted octanol–water partition coefficient (Wildman–Crippen LogP) is 5.44. The van der Waals surface area contributed by atoms with E-state index in [2.05, 4.69) is 6.92 Å². The Bertz CT molecular complexity index is 477. The number of hydrogen-bond acceptors (Lipinski definition) is 2. The molecule has 0 aromatic heterocycles. The summed E-state index contributed by atoms with van der Waals surface area (Å²) in [7, 11) is 0. The van der Waals surface area contributed by atoms with E-state index in [9.17, 15) is 0 Å². The Morgan fingerprint density at radius 2 is 1.35 bits per heavy atom. The topological polar surface area (TPSA) is 18.5 Å². The fraction of sp³-hybridized carbons (Fsp3) is 0.333. The van der Waals surface area contributed by atoms with Crippen molar-refractivity contribution in [1.29, 1.82) is 0 Å². The zero-order valence-electron chi connectivity index (χ0n) is 12.0. The SMILES string of the molecule is CCCCCCOc1ccc(Oc2ccccc2)cc1. The van der Waals surface area contributed by atoms with Crippen LogP contribution >= 0.6 is 0 Å². The summed E-state index contributed by atoms with van der Waals surface area (Å²) in [4.78, 5) is 0. The molecule has 2 aromatic rings. The summed E-state index contributed by atoms with van der Waals surface area (Å²) in [6.45, 7) is 3.01. The molecule has 0 saturated carbocycles. The average molecular weight is 270 g/mol. The molecule has 0 amide bonds. The summed E-state index contributed by atoms with van der Waals surface area (Å²) in [5.41, 5.74) is 0. The first-order valence-electron chi connectivity index (χ1n) is 7.34. The zero-order valence-corrected chi connectivity index (χ0v) is 12.0. The highest BCUT2D eigenvalue weighted by Gasteiger charge is 1.98. The van der Waals surface area contributed by atoms with E-state index in [0.29, 0.717) is 0 Å². The Kier molecular flexibility index (Phi) is 5.97. The van der Waals surface area contributed by atoms with Crippen LogP contribution in [0.25, 0.3) is 0 Å². The quantitative estimate of drug-likeness (QED) is 0.595. The van der Waals surface area contributed by atoms with Crippen molar-refractivity contribution in [3.05, 3.63) is 54.6 Å². The molecule has 2 aromatic carbocycles. The van der Waals surface area contributed by atoms with Gasteiger partial charge >= 0.3 is 0 Å². The van der Waals surface area contributed by atoms with E-state index in [4.69, 9.17) is 9.47 Å². The Morgan fingerprint density at radius 1 is 0.700 bits per heavy atom. The van der Waals surface area contributed by atoms with Crippen LogP contribution in [-0.2, 0) is 0 Å². The third kappa shape index (κ3) is 4.96. The molecule has 0 unspecified atom stereocenters. The van der Waals surface area contributed by atoms with Crippen molar-refractivity contribution in [2.75, 3.05) is 6.61 Å². The van der Waals surface area contributed by atoms with Crippen LogP contribution in [0.2, 0.25) is 0 Å². The molecule has 2 nitrogen and oxygen atoms in total. The summed E-state index contributed by atoms with van der Waals surface area (Å²) >= 11 is 0. The third-order valence-electron chi connectivity index (χ3n) is 3.07. The number of rotatable bonds is 8. The number of para-hydroxylation sites is 1. The van der Waals surface area contributed by atoms with Crippen LogP contribution in [0.5, 0.6) is 17.2 Å². The molecule has 20 heavy (non-hydrogen) atoms. The van der Waals surface area contributed by atoms with Crippen LogP contribution in [0.1, 0.15) is 32.6 Å². The third-order valence-corrected chi connectivity index (χ3v) is 3.07. The van der Waals surface area contributed by atoms with Crippen LogP contribution in [0, 0.1) is 0 Å². The van der Waals surface area contributed by atoms with Crippen LogP contribution in [0.4, 0.5) is 0 Å². The van der Waals surface area contributed by atoms with Gasteiger partial charge < -0.3 is 9.47 Å². The number of benzene rings is 2. The molecule has 0 spiro atoms. The molecule has 0 heterocycles. The van der Waals surface area contributed by atoms with E-state index in [1.54, 1.807) is 0 Å². The van der Waals surface area contributed by atoms with Crippen molar-refractivity contribution in [2.45, 2.75) is 32.6 Å². The van der Waals surface area contributed by atoms with Gasteiger partial charge in [0.25, 0.3) is 0 Å². The summed E-state index contributed by atoms with van der Waals surface area (Å²) < 4.78 is 11.4. The molecule has 0 radical (unpaired) electrons. The van der Waals surface area contributed by atoms with Gasteiger partial charge in [0.05, 0.1) is 6.61 Å². The van der Waals surface area contributed by atoms with Crippen molar-refractivity contribution in [3.63, 3.8) is 0 Å². The molecule has 0 atom stereocenters. The molecular weight excluding hydrogens is 248 g/mol. The van der Waals surface area contributed by atoms with E-state index in [0.717, 1.165) is 30.3 Å². The van der Waals surface area contributed by atoms with Gasteiger partial charge in [0.15, 0.2) is 0 Å². The van der Waals surface area contributed by atoms with E-state index in [1.165, 1.54) is 19.3 Å². The van der Waals surface area contributed by atoms with E-state index in [-0.39, 0.29) is 0 Å². The summed E-state index contributed by atoms with van der Waals surface area (Å²) in [6.07, 6.45) is 4.90. The van der Waals surface area contributed by atoms with E-state index in [1.807, 2.05) is 54.6 Å². The van der Waals surface area contributed by atoms with Crippen molar-refractivity contribution in [1.82, 2.24) is 0 Å². The minimum absolute atomic E-state index is 0.791. The Balaban J connectivity index is 1.78. The summed E-state index contributed by atoms with van der Waals surface area (Å²) in [5.74, 6) is 2.58. The highest BCUT2D eigenvalue weighted by molar-refractivity contribution is 5.35. The lowest BCUT2D eigenvalue weighted by molar-refractivity contribution is 0.304. The lowest BCUT2D eigenvalue weighted by Crippen LogP contribution is -1.97. The van der Waals surface area contributed by atoms with Crippen molar-refractivity contribution in [3.8, 4) is 17.2 Å². The second-order valence-corrected chi connectivity index (χ2v) is 4.80. The Morgan fingerprint density at radius 3 is 2.05 bits per heavy atom. The first-order valence-corrected chi connectivity index (χ1v) is 7.34. The molecule has 2 heteroatoms. The predicted molar refractivity (Wildman–Crippen MR) is 82.6 cm³/mol. The maximum atomic E-state index is 5.74.